The number of carbonyl (C=O) groups excluding carboxylic acids is 2. The lowest BCUT2D eigenvalue weighted by Crippen LogP contribution is -2.21. The van der Waals surface area contributed by atoms with Crippen LogP contribution in [0.1, 0.15) is 92.9 Å². The molecule has 0 aliphatic rings. The number of unbranched alkanes of at least 4 members (excludes halogenated alkanes) is 5. The molecule has 0 radical (unpaired) electrons. The van der Waals surface area contributed by atoms with Gasteiger partial charge in [0.1, 0.15) is 0 Å². The molecule has 0 unspecified atom stereocenters. The molecule has 0 aromatic rings. The van der Waals surface area contributed by atoms with Gasteiger partial charge in [0.05, 0.1) is 13.2 Å². The summed E-state index contributed by atoms with van der Waals surface area (Å²) in [5, 5.41) is 0. The SMILES string of the molecule is CCCCCCCC/C(C(=O)OCC)=C(\CC(C)(C)C)C(=O)OCC. The molecule has 0 rings (SSSR count). The van der Waals surface area contributed by atoms with Crippen LogP contribution in [0.2, 0.25) is 0 Å². The molecule has 0 aliphatic heterocycles. The number of esters is 2. The molecule has 0 saturated carbocycles. The Hall–Kier alpha value is -1.32. The monoisotopic (exact) mass is 354 g/mol. The summed E-state index contributed by atoms with van der Waals surface area (Å²) in [4.78, 5) is 24.9. The zero-order chi connectivity index (χ0) is 19.3. The van der Waals surface area contributed by atoms with E-state index in [1.807, 2.05) is 0 Å². The maximum atomic E-state index is 12.5. The number of carbonyl (C=O) groups is 2. The quantitative estimate of drug-likeness (QED) is 0.260. The average molecular weight is 355 g/mol. The van der Waals surface area contributed by atoms with Gasteiger partial charge in [-0.25, -0.2) is 9.59 Å². The molecule has 0 aromatic carbocycles. The molecule has 0 atom stereocenters. The van der Waals surface area contributed by atoms with Crippen LogP contribution in [-0.2, 0) is 19.1 Å². The van der Waals surface area contributed by atoms with E-state index in [4.69, 9.17) is 9.47 Å². The van der Waals surface area contributed by atoms with Crippen molar-refractivity contribution < 1.29 is 19.1 Å². The molecule has 25 heavy (non-hydrogen) atoms. The van der Waals surface area contributed by atoms with Crippen LogP contribution in [0.25, 0.3) is 0 Å². The summed E-state index contributed by atoms with van der Waals surface area (Å²) in [7, 11) is 0. The fourth-order valence-corrected chi connectivity index (χ4v) is 2.73. The van der Waals surface area contributed by atoms with E-state index in [1.54, 1.807) is 13.8 Å². The van der Waals surface area contributed by atoms with Crippen molar-refractivity contribution in [3.63, 3.8) is 0 Å². The summed E-state index contributed by atoms with van der Waals surface area (Å²) in [6, 6.07) is 0. The van der Waals surface area contributed by atoms with E-state index >= 15 is 0 Å². The van der Waals surface area contributed by atoms with Gasteiger partial charge in [0.25, 0.3) is 0 Å². The van der Waals surface area contributed by atoms with Crippen LogP contribution in [-0.4, -0.2) is 25.2 Å². The molecule has 0 N–H and O–H groups in total. The summed E-state index contributed by atoms with van der Waals surface area (Å²) >= 11 is 0. The molecule has 0 saturated heterocycles. The van der Waals surface area contributed by atoms with Crippen molar-refractivity contribution in [3.05, 3.63) is 11.1 Å². The van der Waals surface area contributed by atoms with Crippen LogP contribution < -0.4 is 0 Å². The van der Waals surface area contributed by atoms with Crippen LogP contribution in [0.4, 0.5) is 0 Å². The predicted molar refractivity (Wildman–Crippen MR) is 102 cm³/mol. The second-order valence-electron chi connectivity index (χ2n) is 7.65. The van der Waals surface area contributed by atoms with Crippen LogP contribution in [0.5, 0.6) is 0 Å². The van der Waals surface area contributed by atoms with E-state index in [9.17, 15) is 9.59 Å². The van der Waals surface area contributed by atoms with Crippen LogP contribution in [0, 0.1) is 5.41 Å². The molecule has 0 fully saturated rings. The van der Waals surface area contributed by atoms with Crippen molar-refractivity contribution in [2.75, 3.05) is 13.2 Å². The van der Waals surface area contributed by atoms with Crippen molar-refractivity contribution in [1.29, 1.82) is 0 Å². The zero-order valence-corrected chi connectivity index (χ0v) is 17.2. The van der Waals surface area contributed by atoms with E-state index in [-0.39, 0.29) is 17.4 Å². The van der Waals surface area contributed by atoms with E-state index in [0.717, 1.165) is 19.3 Å². The molecule has 0 heterocycles. The van der Waals surface area contributed by atoms with E-state index in [2.05, 4.69) is 27.7 Å². The first-order chi connectivity index (χ1) is 11.8. The molecule has 146 valence electrons. The van der Waals surface area contributed by atoms with Crippen LogP contribution >= 0.6 is 0 Å². The number of rotatable bonds is 12. The first-order valence-electron chi connectivity index (χ1n) is 9.83. The maximum Gasteiger partial charge on any atom is 0.334 e. The molecule has 0 amide bonds. The van der Waals surface area contributed by atoms with Gasteiger partial charge < -0.3 is 9.47 Å². The van der Waals surface area contributed by atoms with Gasteiger partial charge in [-0.15, -0.1) is 0 Å². The Labute approximate surface area is 154 Å². The molecule has 4 heteroatoms. The lowest BCUT2D eigenvalue weighted by molar-refractivity contribution is -0.142. The van der Waals surface area contributed by atoms with Gasteiger partial charge >= 0.3 is 11.9 Å². The maximum absolute atomic E-state index is 12.5. The van der Waals surface area contributed by atoms with E-state index in [1.165, 1.54) is 19.3 Å². The average Bonchev–Trinajstić information content (AvgIpc) is 2.52. The Balaban J connectivity index is 5.29. The topological polar surface area (TPSA) is 52.6 Å². The van der Waals surface area contributed by atoms with Gasteiger partial charge in [0.15, 0.2) is 0 Å². The molecule has 0 aromatic heterocycles. The minimum atomic E-state index is -0.383. The summed E-state index contributed by atoms with van der Waals surface area (Å²) in [5.74, 6) is -0.755. The lowest BCUT2D eigenvalue weighted by atomic mass is 9.85. The number of ether oxygens (including phenoxy) is 2. The Morgan fingerprint density at radius 1 is 0.720 bits per heavy atom. The highest BCUT2D eigenvalue weighted by Gasteiger charge is 2.27. The van der Waals surface area contributed by atoms with Gasteiger partial charge in [0.2, 0.25) is 0 Å². The fraction of sp³-hybridized carbons (Fsp3) is 0.810. The minimum absolute atomic E-state index is 0.110. The van der Waals surface area contributed by atoms with Crippen LogP contribution in [0.3, 0.4) is 0 Å². The highest BCUT2D eigenvalue weighted by atomic mass is 16.5. The fourth-order valence-electron chi connectivity index (χ4n) is 2.73. The molecule has 0 aliphatic carbocycles. The normalized spacial score (nSPS) is 12.6. The molecule has 0 spiro atoms. The smallest absolute Gasteiger partial charge is 0.334 e. The number of hydrogen-bond donors (Lipinski definition) is 0. The third kappa shape index (κ3) is 11.0. The highest BCUT2D eigenvalue weighted by molar-refractivity contribution is 6.00. The van der Waals surface area contributed by atoms with Gasteiger partial charge in [-0.1, -0.05) is 59.8 Å². The van der Waals surface area contributed by atoms with Crippen molar-refractivity contribution in [1.82, 2.24) is 0 Å². The van der Waals surface area contributed by atoms with E-state index < -0.39 is 0 Å². The third-order valence-corrected chi connectivity index (χ3v) is 3.90. The Bertz CT molecular complexity index is 430. The van der Waals surface area contributed by atoms with Gasteiger partial charge in [0, 0.05) is 11.1 Å². The summed E-state index contributed by atoms with van der Waals surface area (Å²) < 4.78 is 10.4. The largest absolute Gasteiger partial charge is 0.463 e. The summed E-state index contributed by atoms with van der Waals surface area (Å²) in [5.41, 5.74) is 0.883. The Morgan fingerprint density at radius 3 is 1.68 bits per heavy atom. The summed E-state index contributed by atoms with van der Waals surface area (Å²) in [6.07, 6.45) is 7.90. The Morgan fingerprint density at radius 2 is 1.20 bits per heavy atom. The van der Waals surface area contributed by atoms with Crippen LogP contribution in [0.15, 0.2) is 11.1 Å². The molecular formula is C21H38O4. The Kier molecular flexibility index (Phi) is 12.3. The second kappa shape index (κ2) is 13.0. The standard InChI is InChI=1S/C21H38O4/c1-7-10-11-12-13-14-15-17(19(22)24-8-2)18(16-21(4,5)6)20(23)25-9-3/h7-16H2,1-6H3/b18-17-. The summed E-state index contributed by atoms with van der Waals surface area (Å²) in [6.45, 7) is 12.5. The second-order valence-corrected chi connectivity index (χ2v) is 7.65. The molecular weight excluding hydrogens is 316 g/mol. The third-order valence-electron chi connectivity index (χ3n) is 3.90. The number of hydrogen-bond acceptors (Lipinski definition) is 4. The van der Waals surface area contributed by atoms with Gasteiger partial charge in [-0.05, 0) is 38.5 Å². The first-order valence-corrected chi connectivity index (χ1v) is 9.83. The predicted octanol–water partition coefficient (Wildman–Crippen LogP) is 5.60. The van der Waals surface area contributed by atoms with Crippen molar-refractivity contribution in [2.45, 2.75) is 92.9 Å². The molecule has 0 bridgehead atoms. The van der Waals surface area contributed by atoms with Gasteiger partial charge in [-0.2, -0.15) is 0 Å². The molecule has 4 nitrogen and oxygen atoms in total. The van der Waals surface area contributed by atoms with Crippen molar-refractivity contribution in [2.24, 2.45) is 5.41 Å². The highest BCUT2D eigenvalue weighted by Crippen LogP contribution is 2.29. The zero-order valence-electron chi connectivity index (χ0n) is 17.2. The lowest BCUT2D eigenvalue weighted by Gasteiger charge is -2.22. The van der Waals surface area contributed by atoms with Gasteiger partial charge in [-0.3, -0.25) is 0 Å². The van der Waals surface area contributed by atoms with E-state index in [0.29, 0.717) is 37.2 Å². The minimum Gasteiger partial charge on any atom is -0.463 e. The first kappa shape index (κ1) is 23.7. The van der Waals surface area contributed by atoms with Crippen molar-refractivity contribution >= 4 is 11.9 Å². The van der Waals surface area contributed by atoms with Crippen molar-refractivity contribution in [3.8, 4) is 0 Å².